The molecule has 5 aromatic carbocycles. The fraction of sp³-hybridized carbons (Fsp3) is 0.0606. The Kier molecular flexibility index (Phi) is 5.27. The van der Waals surface area contributed by atoms with Gasteiger partial charge in [0.1, 0.15) is 0 Å². The highest BCUT2D eigenvalue weighted by molar-refractivity contribution is 5.96. The van der Waals surface area contributed by atoms with E-state index < -0.39 is 0 Å². The smallest absolute Gasteiger partial charge is 0.226 e. The Hall–Kier alpha value is -4.43. The predicted octanol–water partition coefficient (Wildman–Crippen LogP) is 7.67. The number of hydrogen-bond donors (Lipinski definition) is 0. The Morgan fingerprint density at radius 2 is 0.971 bits per heavy atom. The Balaban J connectivity index is 1.78. The lowest BCUT2D eigenvalue weighted by Crippen LogP contribution is -2.30. The molecule has 0 aliphatic heterocycles. The first-order valence-electron chi connectivity index (χ1n) is 12.0. The number of rotatable bonds is 4. The van der Waals surface area contributed by atoms with E-state index in [0.717, 1.165) is 0 Å². The number of aromatic nitrogens is 2. The van der Waals surface area contributed by atoms with Crippen LogP contribution in [-0.2, 0) is 14.1 Å². The largest absolute Gasteiger partial charge is 0.290 e. The zero-order valence-electron chi connectivity index (χ0n) is 20.0. The summed E-state index contributed by atoms with van der Waals surface area (Å²) in [7, 11) is 4.35. The molecule has 2 nitrogen and oxygen atoms in total. The van der Waals surface area contributed by atoms with Crippen molar-refractivity contribution in [1.29, 1.82) is 0 Å². The third-order valence-electron chi connectivity index (χ3n) is 6.88. The van der Waals surface area contributed by atoms with Crippen molar-refractivity contribution in [3.8, 4) is 44.8 Å². The lowest BCUT2D eigenvalue weighted by molar-refractivity contribution is -0.634. The number of aryl methyl sites for hydroxylation is 2. The summed E-state index contributed by atoms with van der Waals surface area (Å²) in [6, 6.07) is 45.5. The molecule has 0 N–H and O–H groups in total. The Bertz CT molecular complexity index is 1530. The van der Waals surface area contributed by atoms with Crippen LogP contribution in [0.4, 0.5) is 0 Å². The number of benzene rings is 5. The van der Waals surface area contributed by atoms with Crippen LogP contribution in [0.15, 0.2) is 127 Å². The number of imidazole rings is 1. The Labute approximate surface area is 206 Å². The summed E-state index contributed by atoms with van der Waals surface area (Å²) in [4.78, 5) is 0. The van der Waals surface area contributed by atoms with E-state index in [1.165, 1.54) is 55.8 Å². The van der Waals surface area contributed by atoms with E-state index in [1.807, 2.05) is 0 Å². The highest BCUT2D eigenvalue weighted by Gasteiger charge is 2.28. The SMILES string of the molecule is Cn1c(-c2c(-c3ccccc3)cc(-c3ccccc3)cc2-c2ccccc2)[n+](C)c2ccccc21. The predicted molar refractivity (Wildman–Crippen MR) is 146 cm³/mol. The minimum absolute atomic E-state index is 1.18. The molecule has 0 amide bonds. The minimum atomic E-state index is 1.18. The summed E-state index contributed by atoms with van der Waals surface area (Å²) in [5.74, 6) is 1.18. The van der Waals surface area contributed by atoms with Crippen LogP contribution in [0.3, 0.4) is 0 Å². The summed E-state index contributed by atoms with van der Waals surface area (Å²) in [6.07, 6.45) is 0. The van der Waals surface area contributed by atoms with Crippen LogP contribution >= 0.6 is 0 Å². The van der Waals surface area contributed by atoms with Crippen LogP contribution in [0.1, 0.15) is 0 Å². The molecular formula is C33H27N2+. The van der Waals surface area contributed by atoms with Crippen molar-refractivity contribution in [2.24, 2.45) is 14.1 Å². The first-order chi connectivity index (χ1) is 17.2. The molecule has 6 rings (SSSR count). The third kappa shape index (κ3) is 3.64. The van der Waals surface area contributed by atoms with Crippen LogP contribution in [0, 0.1) is 0 Å². The molecule has 0 aliphatic carbocycles. The van der Waals surface area contributed by atoms with E-state index in [9.17, 15) is 0 Å². The van der Waals surface area contributed by atoms with Crippen LogP contribution in [0.25, 0.3) is 55.8 Å². The molecular weight excluding hydrogens is 424 g/mol. The maximum Gasteiger partial charge on any atom is 0.290 e. The second kappa shape index (κ2) is 8.73. The molecule has 0 fully saturated rings. The molecule has 35 heavy (non-hydrogen) atoms. The molecule has 6 aromatic rings. The molecule has 0 aliphatic rings. The van der Waals surface area contributed by atoms with E-state index >= 15 is 0 Å². The van der Waals surface area contributed by atoms with Gasteiger partial charge in [0.2, 0.25) is 0 Å². The summed E-state index contributed by atoms with van der Waals surface area (Å²) in [6.45, 7) is 0. The van der Waals surface area contributed by atoms with Crippen LogP contribution in [-0.4, -0.2) is 4.57 Å². The summed E-state index contributed by atoms with van der Waals surface area (Å²) in [5.41, 5.74) is 11.0. The maximum atomic E-state index is 2.35. The molecule has 0 spiro atoms. The molecule has 0 radical (unpaired) electrons. The van der Waals surface area contributed by atoms with E-state index in [1.54, 1.807) is 0 Å². The van der Waals surface area contributed by atoms with Gasteiger partial charge in [0, 0.05) is 0 Å². The summed E-state index contributed by atoms with van der Waals surface area (Å²) < 4.78 is 4.65. The van der Waals surface area contributed by atoms with Gasteiger partial charge >= 0.3 is 0 Å². The van der Waals surface area contributed by atoms with Crippen molar-refractivity contribution >= 4 is 11.0 Å². The number of para-hydroxylation sites is 2. The molecule has 0 unspecified atom stereocenters. The van der Waals surface area contributed by atoms with Crippen LogP contribution in [0.2, 0.25) is 0 Å². The van der Waals surface area contributed by atoms with Gasteiger partial charge in [0.05, 0.1) is 19.7 Å². The average Bonchev–Trinajstić information content (AvgIpc) is 3.19. The van der Waals surface area contributed by atoms with E-state index in [2.05, 4.69) is 151 Å². The first-order valence-corrected chi connectivity index (χ1v) is 12.0. The van der Waals surface area contributed by atoms with E-state index in [-0.39, 0.29) is 0 Å². The molecule has 0 atom stereocenters. The van der Waals surface area contributed by atoms with Crippen molar-refractivity contribution in [2.75, 3.05) is 0 Å². The standard InChI is InChI=1S/C33H27N2/c1-34-30-20-12-13-21-31(30)35(2)33(34)32-28(25-16-8-4-9-17-25)22-27(24-14-6-3-7-15-24)23-29(32)26-18-10-5-11-19-26/h3-23H,1-2H3/q+1. The molecule has 1 aromatic heterocycles. The van der Waals surface area contributed by atoms with Crippen LogP contribution in [0.5, 0.6) is 0 Å². The fourth-order valence-electron chi connectivity index (χ4n) is 5.19. The van der Waals surface area contributed by atoms with Gasteiger partial charge in [-0.15, -0.1) is 0 Å². The molecule has 0 saturated carbocycles. The zero-order chi connectivity index (χ0) is 23.8. The lowest BCUT2D eigenvalue weighted by atomic mass is 9.87. The minimum Gasteiger partial charge on any atom is -0.226 e. The molecule has 1 heterocycles. The van der Waals surface area contributed by atoms with Gasteiger partial charge in [-0.05, 0) is 57.6 Å². The van der Waals surface area contributed by atoms with Gasteiger partial charge < -0.3 is 0 Å². The van der Waals surface area contributed by atoms with Crippen molar-refractivity contribution < 1.29 is 4.57 Å². The summed E-state index contributed by atoms with van der Waals surface area (Å²) >= 11 is 0. The van der Waals surface area contributed by atoms with E-state index in [4.69, 9.17) is 0 Å². The molecule has 168 valence electrons. The van der Waals surface area contributed by atoms with Gasteiger partial charge in [0.15, 0.2) is 11.0 Å². The molecule has 0 bridgehead atoms. The van der Waals surface area contributed by atoms with Crippen molar-refractivity contribution in [3.63, 3.8) is 0 Å². The second-order valence-corrected chi connectivity index (χ2v) is 8.97. The monoisotopic (exact) mass is 451 g/mol. The second-order valence-electron chi connectivity index (χ2n) is 8.97. The highest BCUT2D eigenvalue weighted by atomic mass is 15.1. The number of hydrogen-bond acceptors (Lipinski definition) is 0. The maximum absolute atomic E-state index is 2.35. The quantitative estimate of drug-likeness (QED) is 0.243. The first kappa shape index (κ1) is 21.1. The zero-order valence-corrected chi connectivity index (χ0v) is 20.0. The number of fused-ring (bicyclic) bond motifs is 1. The van der Waals surface area contributed by atoms with Crippen molar-refractivity contribution in [1.82, 2.24) is 4.57 Å². The van der Waals surface area contributed by atoms with Crippen LogP contribution < -0.4 is 4.57 Å². The lowest BCUT2D eigenvalue weighted by Gasteiger charge is -2.17. The van der Waals surface area contributed by atoms with Crippen molar-refractivity contribution in [2.45, 2.75) is 0 Å². The molecule has 0 saturated heterocycles. The Morgan fingerprint density at radius 1 is 0.514 bits per heavy atom. The topological polar surface area (TPSA) is 8.81 Å². The number of nitrogens with zero attached hydrogens (tertiary/aromatic N) is 2. The molecule has 2 heteroatoms. The van der Waals surface area contributed by atoms with Gasteiger partial charge in [-0.2, -0.15) is 0 Å². The highest BCUT2D eigenvalue weighted by Crippen LogP contribution is 2.42. The van der Waals surface area contributed by atoms with Gasteiger partial charge in [-0.25, -0.2) is 9.13 Å². The average molecular weight is 452 g/mol. The van der Waals surface area contributed by atoms with E-state index in [0.29, 0.717) is 0 Å². The van der Waals surface area contributed by atoms with Gasteiger partial charge in [0.25, 0.3) is 5.82 Å². The normalized spacial score (nSPS) is 11.1. The third-order valence-corrected chi connectivity index (χ3v) is 6.88. The van der Waals surface area contributed by atoms with Gasteiger partial charge in [-0.3, -0.25) is 0 Å². The Morgan fingerprint density at radius 3 is 1.49 bits per heavy atom. The van der Waals surface area contributed by atoms with Gasteiger partial charge in [-0.1, -0.05) is 103 Å². The van der Waals surface area contributed by atoms with Crippen molar-refractivity contribution in [3.05, 3.63) is 127 Å². The summed E-state index contributed by atoms with van der Waals surface area (Å²) in [5, 5.41) is 0. The fourth-order valence-corrected chi connectivity index (χ4v) is 5.19.